The lowest BCUT2D eigenvalue weighted by Crippen LogP contribution is -2.26. The zero-order valence-corrected chi connectivity index (χ0v) is 12.5. The first-order valence-corrected chi connectivity index (χ1v) is 8.12. The van der Waals surface area contributed by atoms with Gasteiger partial charge in [0.1, 0.15) is 5.82 Å². The molecule has 19 heavy (non-hydrogen) atoms. The first-order valence-electron chi connectivity index (χ1n) is 6.63. The summed E-state index contributed by atoms with van der Waals surface area (Å²) in [6, 6.07) is 8.28. The van der Waals surface area contributed by atoms with E-state index in [1.165, 1.54) is 0 Å². The molecule has 1 aromatic heterocycles. The first-order chi connectivity index (χ1) is 9.13. The molecule has 1 N–H and O–H groups in total. The summed E-state index contributed by atoms with van der Waals surface area (Å²) in [5.41, 5.74) is 2.16. The summed E-state index contributed by atoms with van der Waals surface area (Å²) in [6.07, 6.45) is 0. The third kappa shape index (κ3) is 3.22. The summed E-state index contributed by atoms with van der Waals surface area (Å²) in [7, 11) is 1.33. The lowest BCUT2D eigenvalue weighted by Gasteiger charge is -2.13. The van der Waals surface area contributed by atoms with Crippen LogP contribution in [0.5, 0.6) is 0 Å². The van der Waals surface area contributed by atoms with Crippen LogP contribution in [0.2, 0.25) is 0 Å². The molecule has 5 heteroatoms. The third-order valence-corrected chi connectivity index (χ3v) is 4.61. The highest BCUT2D eigenvalue weighted by Gasteiger charge is 2.13. The number of imidazole rings is 1. The van der Waals surface area contributed by atoms with E-state index in [0.717, 1.165) is 29.2 Å². The fraction of sp³-hybridized carbons (Fsp3) is 0.500. The number of para-hydroxylation sites is 2. The van der Waals surface area contributed by atoms with Gasteiger partial charge in [-0.05, 0) is 19.1 Å². The van der Waals surface area contributed by atoms with Crippen molar-refractivity contribution in [1.29, 1.82) is 0 Å². The minimum Gasteiger partial charge on any atom is -0.330 e. The van der Waals surface area contributed by atoms with Gasteiger partial charge < -0.3 is 9.88 Å². The Morgan fingerprint density at radius 1 is 1.42 bits per heavy atom. The predicted molar refractivity (Wildman–Crippen MR) is 80.7 cm³/mol. The number of nitrogens with one attached hydrogen (secondary N) is 1. The van der Waals surface area contributed by atoms with Gasteiger partial charge in [-0.15, -0.1) is 0 Å². The van der Waals surface area contributed by atoms with Crippen LogP contribution in [0.1, 0.15) is 25.7 Å². The number of hydrogen-bond donors (Lipinski definition) is 1. The van der Waals surface area contributed by atoms with E-state index >= 15 is 0 Å². The second-order valence-corrected chi connectivity index (χ2v) is 6.49. The van der Waals surface area contributed by atoms with Crippen LogP contribution < -0.4 is 5.32 Å². The Morgan fingerprint density at radius 3 is 2.84 bits per heavy atom. The molecule has 2 aromatic rings. The van der Waals surface area contributed by atoms with E-state index in [9.17, 15) is 4.21 Å². The average Bonchev–Trinajstić information content (AvgIpc) is 2.76. The molecule has 0 radical (unpaired) electrons. The van der Waals surface area contributed by atoms with Crippen molar-refractivity contribution in [2.45, 2.75) is 19.9 Å². The molecule has 0 amide bonds. The summed E-state index contributed by atoms with van der Waals surface area (Å²) in [5.74, 6) is 2.44. The van der Waals surface area contributed by atoms with Gasteiger partial charge in [0.15, 0.2) is 0 Å². The van der Waals surface area contributed by atoms with Gasteiger partial charge in [0.05, 0.1) is 17.1 Å². The van der Waals surface area contributed by atoms with Crippen molar-refractivity contribution in [3.8, 4) is 0 Å². The van der Waals surface area contributed by atoms with Crippen LogP contribution in [0.25, 0.3) is 11.0 Å². The maximum Gasteiger partial charge on any atom is 0.126 e. The van der Waals surface area contributed by atoms with Gasteiger partial charge in [0.2, 0.25) is 0 Å². The summed E-state index contributed by atoms with van der Waals surface area (Å²) in [5, 5.41) is 3.39. The van der Waals surface area contributed by atoms with E-state index in [1.807, 2.05) is 32.2 Å². The fourth-order valence-corrected chi connectivity index (χ4v) is 2.81. The quantitative estimate of drug-likeness (QED) is 0.879. The Bertz CT molecular complexity index is 579. The molecule has 0 aliphatic rings. The van der Waals surface area contributed by atoms with Crippen LogP contribution in [-0.2, 0) is 17.8 Å². The van der Waals surface area contributed by atoms with Gasteiger partial charge >= 0.3 is 0 Å². The van der Waals surface area contributed by atoms with Crippen molar-refractivity contribution in [2.24, 2.45) is 7.05 Å². The lowest BCUT2D eigenvalue weighted by atomic mass is 10.3. The van der Waals surface area contributed by atoms with Crippen molar-refractivity contribution in [2.75, 3.05) is 18.1 Å². The van der Waals surface area contributed by atoms with Crippen LogP contribution >= 0.6 is 0 Å². The van der Waals surface area contributed by atoms with Crippen LogP contribution in [0.4, 0.5) is 0 Å². The molecule has 0 bridgehead atoms. The molecular weight excluding hydrogens is 258 g/mol. The maximum absolute atomic E-state index is 11.4. The van der Waals surface area contributed by atoms with Gasteiger partial charge in [0, 0.05) is 35.9 Å². The normalized spacial score (nSPS) is 14.7. The summed E-state index contributed by atoms with van der Waals surface area (Å²) < 4.78 is 13.5. The molecule has 0 aliphatic heterocycles. The second-order valence-electron chi connectivity index (χ2n) is 4.63. The number of benzene rings is 1. The molecule has 0 saturated carbocycles. The molecular formula is C14H21N3OS. The van der Waals surface area contributed by atoms with E-state index in [0.29, 0.717) is 5.75 Å². The Hall–Kier alpha value is -1.20. The van der Waals surface area contributed by atoms with Gasteiger partial charge in [-0.2, -0.15) is 0 Å². The largest absolute Gasteiger partial charge is 0.330 e. The van der Waals surface area contributed by atoms with Gasteiger partial charge in [-0.1, -0.05) is 19.1 Å². The van der Waals surface area contributed by atoms with Crippen LogP contribution in [0, 0.1) is 0 Å². The summed E-state index contributed by atoms with van der Waals surface area (Å²) in [6.45, 7) is 4.80. The summed E-state index contributed by atoms with van der Waals surface area (Å²) in [4.78, 5) is 4.65. The number of nitrogens with zero attached hydrogens (tertiary/aromatic N) is 2. The highest BCUT2D eigenvalue weighted by atomic mass is 32.2. The predicted octanol–water partition coefficient (Wildman–Crippen LogP) is 1.99. The van der Waals surface area contributed by atoms with Crippen molar-refractivity contribution in [3.63, 3.8) is 0 Å². The first kappa shape index (κ1) is 14.2. The minimum atomic E-state index is -0.710. The SMILES string of the molecule is CCS(=O)CCNC(C)c1nc2ccccc2n1C. The Balaban J connectivity index is 2.07. The molecule has 104 valence electrons. The third-order valence-electron chi connectivity index (χ3n) is 3.31. The highest BCUT2D eigenvalue weighted by molar-refractivity contribution is 7.84. The Kier molecular flexibility index (Phi) is 4.71. The van der Waals surface area contributed by atoms with Crippen molar-refractivity contribution < 1.29 is 4.21 Å². The lowest BCUT2D eigenvalue weighted by molar-refractivity contribution is 0.551. The van der Waals surface area contributed by atoms with E-state index in [2.05, 4.69) is 27.9 Å². The maximum atomic E-state index is 11.4. The van der Waals surface area contributed by atoms with Gasteiger partial charge in [-0.25, -0.2) is 4.98 Å². The number of aromatic nitrogens is 2. The van der Waals surface area contributed by atoms with E-state index in [4.69, 9.17) is 0 Å². The molecule has 2 rings (SSSR count). The van der Waals surface area contributed by atoms with Crippen LogP contribution in [0.3, 0.4) is 0 Å². The summed E-state index contributed by atoms with van der Waals surface area (Å²) >= 11 is 0. The molecule has 1 aromatic carbocycles. The molecule has 4 nitrogen and oxygen atoms in total. The fourth-order valence-electron chi connectivity index (χ4n) is 2.18. The molecule has 0 spiro atoms. The number of rotatable bonds is 6. The van der Waals surface area contributed by atoms with E-state index in [-0.39, 0.29) is 6.04 Å². The van der Waals surface area contributed by atoms with Crippen molar-refractivity contribution in [3.05, 3.63) is 30.1 Å². The van der Waals surface area contributed by atoms with Crippen molar-refractivity contribution >= 4 is 21.8 Å². The van der Waals surface area contributed by atoms with Gasteiger partial charge in [-0.3, -0.25) is 4.21 Å². The molecule has 0 saturated heterocycles. The highest BCUT2D eigenvalue weighted by Crippen LogP contribution is 2.18. The smallest absolute Gasteiger partial charge is 0.126 e. The van der Waals surface area contributed by atoms with E-state index < -0.39 is 10.8 Å². The second kappa shape index (κ2) is 6.30. The number of aryl methyl sites for hydroxylation is 1. The molecule has 2 unspecified atom stereocenters. The minimum absolute atomic E-state index is 0.159. The zero-order valence-electron chi connectivity index (χ0n) is 11.7. The van der Waals surface area contributed by atoms with Gasteiger partial charge in [0.25, 0.3) is 0 Å². The molecule has 2 atom stereocenters. The molecule has 1 heterocycles. The van der Waals surface area contributed by atoms with Crippen LogP contribution in [0.15, 0.2) is 24.3 Å². The molecule has 0 aliphatic carbocycles. The van der Waals surface area contributed by atoms with E-state index in [1.54, 1.807) is 0 Å². The Labute approximate surface area is 116 Å². The number of fused-ring (bicyclic) bond motifs is 1. The Morgan fingerprint density at radius 2 is 2.16 bits per heavy atom. The standard InChI is InChI=1S/C14H21N3OS/c1-4-19(18)10-9-15-11(2)14-16-12-7-5-6-8-13(12)17(14)3/h5-8,11,15H,4,9-10H2,1-3H3. The monoisotopic (exact) mass is 279 g/mol. The average molecular weight is 279 g/mol. The van der Waals surface area contributed by atoms with Crippen molar-refractivity contribution in [1.82, 2.24) is 14.9 Å². The molecule has 0 fully saturated rings. The van der Waals surface area contributed by atoms with Crippen LogP contribution in [-0.4, -0.2) is 31.8 Å². The number of hydrogen-bond acceptors (Lipinski definition) is 3. The topological polar surface area (TPSA) is 46.9 Å². The zero-order chi connectivity index (χ0) is 13.8.